The van der Waals surface area contributed by atoms with Crippen molar-refractivity contribution in [3.8, 4) is 0 Å². The van der Waals surface area contributed by atoms with Crippen molar-refractivity contribution < 1.29 is 4.79 Å². The SMILES string of the molecule is CN(c1ccccc1)c1ccc(C(=O)NC2CCNC2)cn1.Cl.Cl. The Morgan fingerprint density at radius 1 is 1.21 bits per heavy atom. The lowest BCUT2D eigenvalue weighted by molar-refractivity contribution is 0.0939. The molecule has 1 aliphatic heterocycles. The fourth-order valence-corrected chi connectivity index (χ4v) is 2.55. The molecule has 1 fully saturated rings. The number of rotatable bonds is 4. The van der Waals surface area contributed by atoms with Crippen molar-refractivity contribution in [1.82, 2.24) is 15.6 Å². The monoisotopic (exact) mass is 368 g/mol. The van der Waals surface area contributed by atoms with E-state index in [9.17, 15) is 4.79 Å². The van der Waals surface area contributed by atoms with Gasteiger partial charge in [0.1, 0.15) is 5.82 Å². The minimum atomic E-state index is -0.0601. The Balaban J connectivity index is 0.00000144. The van der Waals surface area contributed by atoms with Gasteiger partial charge in [-0.3, -0.25) is 4.79 Å². The van der Waals surface area contributed by atoms with Crippen LogP contribution < -0.4 is 15.5 Å². The van der Waals surface area contributed by atoms with Gasteiger partial charge in [0, 0.05) is 31.5 Å². The molecule has 0 saturated carbocycles. The van der Waals surface area contributed by atoms with Crippen molar-refractivity contribution in [2.45, 2.75) is 12.5 Å². The topological polar surface area (TPSA) is 57.3 Å². The Labute approximate surface area is 154 Å². The van der Waals surface area contributed by atoms with Gasteiger partial charge in [-0.1, -0.05) is 18.2 Å². The van der Waals surface area contributed by atoms with Gasteiger partial charge in [0.25, 0.3) is 5.91 Å². The van der Waals surface area contributed by atoms with Gasteiger partial charge in [0.2, 0.25) is 0 Å². The molecule has 1 atom stereocenters. The fraction of sp³-hybridized carbons (Fsp3) is 0.294. The summed E-state index contributed by atoms with van der Waals surface area (Å²) in [6, 6.07) is 13.9. The van der Waals surface area contributed by atoms with Crippen LogP contribution in [0.4, 0.5) is 11.5 Å². The number of nitrogens with zero attached hydrogens (tertiary/aromatic N) is 2. The molecule has 1 aliphatic rings. The van der Waals surface area contributed by atoms with Crippen molar-refractivity contribution in [2.75, 3.05) is 25.0 Å². The quantitative estimate of drug-likeness (QED) is 0.870. The van der Waals surface area contributed by atoms with E-state index >= 15 is 0 Å². The molecule has 5 nitrogen and oxygen atoms in total. The Kier molecular flexibility index (Phi) is 7.98. The summed E-state index contributed by atoms with van der Waals surface area (Å²) in [6.07, 6.45) is 2.61. The van der Waals surface area contributed by atoms with Gasteiger partial charge in [-0.15, -0.1) is 24.8 Å². The molecule has 7 heteroatoms. The van der Waals surface area contributed by atoms with Gasteiger partial charge in [0.15, 0.2) is 0 Å². The molecule has 0 spiro atoms. The van der Waals surface area contributed by atoms with E-state index in [4.69, 9.17) is 0 Å². The van der Waals surface area contributed by atoms with E-state index in [0.717, 1.165) is 31.0 Å². The number of nitrogens with one attached hydrogen (secondary N) is 2. The number of pyridine rings is 1. The predicted molar refractivity (Wildman–Crippen MR) is 102 cm³/mol. The number of hydrogen-bond donors (Lipinski definition) is 2. The van der Waals surface area contributed by atoms with Crippen LogP contribution in [0.2, 0.25) is 0 Å². The molecule has 1 unspecified atom stereocenters. The molecule has 1 aromatic heterocycles. The van der Waals surface area contributed by atoms with E-state index in [-0.39, 0.29) is 36.8 Å². The zero-order chi connectivity index (χ0) is 15.4. The zero-order valence-corrected chi connectivity index (χ0v) is 15.1. The molecule has 3 rings (SSSR count). The van der Waals surface area contributed by atoms with Crippen LogP contribution in [0.15, 0.2) is 48.7 Å². The summed E-state index contributed by atoms with van der Waals surface area (Å²) < 4.78 is 0. The fourth-order valence-electron chi connectivity index (χ4n) is 2.55. The minimum absolute atomic E-state index is 0. The third-order valence-corrected chi connectivity index (χ3v) is 3.89. The van der Waals surface area contributed by atoms with Gasteiger partial charge >= 0.3 is 0 Å². The lowest BCUT2D eigenvalue weighted by Gasteiger charge is -2.18. The number of hydrogen-bond acceptors (Lipinski definition) is 4. The second-order valence-electron chi connectivity index (χ2n) is 5.46. The van der Waals surface area contributed by atoms with Gasteiger partial charge in [-0.05, 0) is 37.2 Å². The summed E-state index contributed by atoms with van der Waals surface area (Å²) in [5.41, 5.74) is 1.65. The molecule has 2 heterocycles. The molecule has 2 N–H and O–H groups in total. The van der Waals surface area contributed by atoms with Gasteiger partial charge < -0.3 is 15.5 Å². The molecule has 2 aromatic rings. The third kappa shape index (κ3) is 4.84. The van der Waals surface area contributed by atoms with E-state index in [2.05, 4.69) is 15.6 Å². The van der Waals surface area contributed by atoms with Crippen molar-refractivity contribution in [3.63, 3.8) is 0 Å². The Morgan fingerprint density at radius 3 is 2.54 bits per heavy atom. The third-order valence-electron chi connectivity index (χ3n) is 3.89. The summed E-state index contributed by atoms with van der Waals surface area (Å²) in [7, 11) is 1.96. The molecular formula is C17H22Cl2N4O. The van der Waals surface area contributed by atoms with Gasteiger partial charge in [-0.25, -0.2) is 4.98 Å². The van der Waals surface area contributed by atoms with Crippen LogP contribution in [0.1, 0.15) is 16.8 Å². The Hall–Kier alpha value is -1.82. The first-order valence-corrected chi connectivity index (χ1v) is 7.50. The highest BCUT2D eigenvalue weighted by molar-refractivity contribution is 5.94. The number of carbonyl (C=O) groups is 1. The van der Waals surface area contributed by atoms with Gasteiger partial charge in [-0.2, -0.15) is 0 Å². The molecular weight excluding hydrogens is 347 g/mol. The van der Waals surface area contributed by atoms with E-state index in [1.165, 1.54) is 0 Å². The van der Waals surface area contributed by atoms with Crippen LogP contribution in [0.25, 0.3) is 0 Å². The molecule has 0 aliphatic carbocycles. The highest BCUT2D eigenvalue weighted by Gasteiger charge is 2.17. The average molecular weight is 369 g/mol. The Morgan fingerprint density at radius 2 is 1.96 bits per heavy atom. The van der Waals surface area contributed by atoms with Crippen LogP contribution in [0.3, 0.4) is 0 Å². The highest BCUT2D eigenvalue weighted by atomic mass is 35.5. The van der Waals surface area contributed by atoms with Crippen molar-refractivity contribution in [1.29, 1.82) is 0 Å². The summed E-state index contributed by atoms with van der Waals surface area (Å²) in [4.78, 5) is 18.5. The van der Waals surface area contributed by atoms with E-state index < -0.39 is 0 Å². The number of aromatic nitrogens is 1. The molecule has 0 bridgehead atoms. The number of anilines is 2. The van der Waals surface area contributed by atoms with Crippen LogP contribution >= 0.6 is 24.8 Å². The summed E-state index contributed by atoms with van der Waals surface area (Å²) in [6.45, 7) is 1.80. The molecule has 1 saturated heterocycles. The second-order valence-corrected chi connectivity index (χ2v) is 5.46. The van der Waals surface area contributed by atoms with E-state index in [0.29, 0.717) is 5.56 Å². The maximum atomic E-state index is 12.2. The molecule has 0 radical (unpaired) electrons. The van der Waals surface area contributed by atoms with Crippen LogP contribution in [-0.4, -0.2) is 37.1 Å². The van der Waals surface area contributed by atoms with E-state index in [1.54, 1.807) is 6.20 Å². The number of carbonyl (C=O) groups excluding carboxylic acids is 1. The largest absolute Gasteiger partial charge is 0.348 e. The van der Waals surface area contributed by atoms with Crippen molar-refractivity contribution >= 4 is 42.2 Å². The van der Waals surface area contributed by atoms with Crippen molar-refractivity contribution in [2.24, 2.45) is 0 Å². The zero-order valence-electron chi connectivity index (χ0n) is 13.4. The first-order chi connectivity index (χ1) is 10.7. The Bertz CT molecular complexity index is 631. The molecule has 130 valence electrons. The minimum Gasteiger partial charge on any atom is -0.348 e. The lowest BCUT2D eigenvalue weighted by atomic mass is 10.2. The standard InChI is InChI=1S/C17H20N4O.2ClH/c1-21(15-5-3-2-4-6-15)16-8-7-13(11-19-16)17(22)20-14-9-10-18-12-14;;/h2-8,11,14,18H,9-10,12H2,1H3,(H,20,22);2*1H. The second kappa shape index (κ2) is 9.47. The summed E-state index contributed by atoms with van der Waals surface area (Å²) in [5, 5.41) is 6.25. The summed E-state index contributed by atoms with van der Waals surface area (Å²) >= 11 is 0. The van der Waals surface area contributed by atoms with Gasteiger partial charge in [0.05, 0.1) is 5.56 Å². The number of halogens is 2. The average Bonchev–Trinajstić information content (AvgIpc) is 3.08. The van der Waals surface area contributed by atoms with E-state index in [1.807, 2.05) is 54.4 Å². The number of benzene rings is 1. The van der Waals surface area contributed by atoms with Crippen LogP contribution in [0, 0.1) is 0 Å². The maximum absolute atomic E-state index is 12.2. The molecule has 1 amide bonds. The number of amides is 1. The predicted octanol–water partition coefficient (Wildman–Crippen LogP) is 2.78. The van der Waals surface area contributed by atoms with Crippen LogP contribution in [-0.2, 0) is 0 Å². The van der Waals surface area contributed by atoms with Crippen molar-refractivity contribution in [3.05, 3.63) is 54.2 Å². The molecule has 24 heavy (non-hydrogen) atoms. The first-order valence-electron chi connectivity index (χ1n) is 7.50. The first kappa shape index (κ1) is 20.2. The highest BCUT2D eigenvalue weighted by Crippen LogP contribution is 2.20. The number of para-hydroxylation sites is 1. The smallest absolute Gasteiger partial charge is 0.253 e. The van der Waals surface area contributed by atoms with Crippen LogP contribution in [0.5, 0.6) is 0 Å². The summed E-state index contributed by atoms with van der Waals surface area (Å²) in [5.74, 6) is 0.750. The maximum Gasteiger partial charge on any atom is 0.253 e. The lowest BCUT2D eigenvalue weighted by Crippen LogP contribution is -2.36. The molecule has 1 aromatic carbocycles. The normalized spacial score (nSPS) is 15.8.